The number of carbonyl (C=O) groups is 1. The molecular weight excluding hydrogens is 358 g/mol. The summed E-state index contributed by atoms with van der Waals surface area (Å²) in [6.45, 7) is 1.78. The third kappa shape index (κ3) is 5.41. The molecule has 23 heavy (non-hydrogen) atoms. The van der Waals surface area contributed by atoms with Gasteiger partial charge < -0.3 is 10.1 Å². The number of carbonyl (C=O) groups excluding carboxylic acids is 1. The van der Waals surface area contributed by atoms with Gasteiger partial charge in [-0.15, -0.1) is 0 Å². The lowest BCUT2D eigenvalue weighted by molar-refractivity contribution is -0.121. The summed E-state index contributed by atoms with van der Waals surface area (Å²) in [6, 6.07) is 14.6. The monoisotopic (exact) mass is 375 g/mol. The summed E-state index contributed by atoms with van der Waals surface area (Å²) in [5.41, 5.74) is 4.26. The summed E-state index contributed by atoms with van der Waals surface area (Å²) in [5.74, 6) is 0.566. The van der Waals surface area contributed by atoms with Crippen LogP contribution in [0.4, 0.5) is 5.69 Å². The second-order valence-corrected chi connectivity index (χ2v) is 5.80. The number of nitrogens with zero attached hydrogens (tertiary/aromatic N) is 1. The Labute approximate surface area is 143 Å². The first-order valence-electron chi connectivity index (χ1n) is 7.07. The van der Waals surface area contributed by atoms with Gasteiger partial charge in [0.2, 0.25) is 0 Å². The molecule has 6 heteroatoms. The van der Waals surface area contributed by atoms with E-state index < -0.39 is 6.04 Å². The van der Waals surface area contributed by atoms with Crippen LogP contribution in [0.5, 0.6) is 5.75 Å². The molecule has 0 aromatic heterocycles. The van der Waals surface area contributed by atoms with Crippen LogP contribution in [0.15, 0.2) is 58.1 Å². The van der Waals surface area contributed by atoms with E-state index in [4.69, 9.17) is 4.74 Å². The predicted molar refractivity (Wildman–Crippen MR) is 96.0 cm³/mol. The molecule has 2 aromatic rings. The van der Waals surface area contributed by atoms with E-state index in [1.54, 1.807) is 20.2 Å². The molecule has 0 aliphatic carbocycles. The lowest BCUT2D eigenvalue weighted by Gasteiger charge is -2.13. The Morgan fingerprint density at radius 3 is 2.43 bits per heavy atom. The number of halogens is 1. The fourth-order valence-electron chi connectivity index (χ4n) is 1.82. The molecule has 0 radical (unpaired) electrons. The van der Waals surface area contributed by atoms with Gasteiger partial charge in [0.25, 0.3) is 5.91 Å². The molecule has 0 fully saturated rings. The first-order chi connectivity index (χ1) is 11.1. The Balaban J connectivity index is 1.85. The molecule has 2 N–H and O–H groups in total. The number of ether oxygens (including phenoxy) is 1. The normalized spacial score (nSPS) is 12.0. The van der Waals surface area contributed by atoms with Crippen LogP contribution in [-0.4, -0.2) is 25.3 Å². The molecular formula is C17H18BrN3O2. The average molecular weight is 376 g/mol. The average Bonchev–Trinajstić information content (AvgIpc) is 2.57. The van der Waals surface area contributed by atoms with Gasteiger partial charge in [-0.25, -0.2) is 5.43 Å². The summed E-state index contributed by atoms with van der Waals surface area (Å²) in [7, 11) is 1.61. The summed E-state index contributed by atoms with van der Waals surface area (Å²) in [4.78, 5) is 12.0. The molecule has 0 aliphatic heterocycles. The highest BCUT2D eigenvalue weighted by atomic mass is 79.9. The molecule has 5 nitrogen and oxygen atoms in total. The second kappa shape index (κ2) is 8.33. The van der Waals surface area contributed by atoms with Gasteiger partial charge in [-0.3, -0.25) is 4.79 Å². The maximum atomic E-state index is 12.0. The maximum Gasteiger partial charge on any atom is 0.262 e. The molecule has 120 valence electrons. The van der Waals surface area contributed by atoms with Gasteiger partial charge in [0, 0.05) is 10.2 Å². The van der Waals surface area contributed by atoms with Crippen molar-refractivity contribution in [1.82, 2.24) is 5.43 Å². The molecule has 0 aliphatic rings. The second-order valence-electron chi connectivity index (χ2n) is 4.88. The van der Waals surface area contributed by atoms with Crippen LogP contribution in [0.2, 0.25) is 0 Å². The van der Waals surface area contributed by atoms with Crippen molar-refractivity contribution in [2.75, 3.05) is 12.4 Å². The Morgan fingerprint density at radius 2 is 1.83 bits per heavy atom. The highest BCUT2D eigenvalue weighted by molar-refractivity contribution is 9.10. The third-order valence-electron chi connectivity index (χ3n) is 3.12. The van der Waals surface area contributed by atoms with Crippen molar-refractivity contribution in [2.45, 2.75) is 13.0 Å². The molecule has 1 unspecified atom stereocenters. The van der Waals surface area contributed by atoms with Gasteiger partial charge in [-0.1, -0.05) is 15.9 Å². The van der Waals surface area contributed by atoms with Crippen molar-refractivity contribution in [3.8, 4) is 5.75 Å². The Morgan fingerprint density at radius 1 is 1.17 bits per heavy atom. The number of benzene rings is 2. The third-order valence-corrected chi connectivity index (χ3v) is 3.65. The topological polar surface area (TPSA) is 62.7 Å². The number of hydrogen-bond acceptors (Lipinski definition) is 4. The van der Waals surface area contributed by atoms with Gasteiger partial charge in [0.05, 0.1) is 13.3 Å². The van der Waals surface area contributed by atoms with Crippen molar-refractivity contribution < 1.29 is 9.53 Å². The molecule has 1 atom stereocenters. The number of rotatable bonds is 6. The van der Waals surface area contributed by atoms with E-state index in [9.17, 15) is 4.79 Å². The predicted octanol–water partition coefficient (Wildman–Crippen LogP) is 3.41. The fourth-order valence-corrected chi connectivity index (χ4v) is 2.08. The van der Waals surface area contributed by atoms with Crippen LogP contribution in [0.1, 0.15) is 12.5 Å². The minimum absolute atomic E-state index is 0.210. The van der Waals surface area contributed by atoms with E-state index in [0.29, 0.717) is 0 Å². The van der Waals surface area contributed by atoms with Crippen LogP contribution >= 0.6 is 15.9 Å². The quantitative estimate of drug-likeness (QED) is 0.600. The SMILES string of the molecule is COc1ccc(/C=N/NC(=O)C(C)Nc2ccc(Br)cc2)cc1. The standard InChI is InChI=1S/C17H18BrN3O2/c1-12(20-15-7-5-14(18)6-8-15)17(22)21-19-11-13-3-9-16(23-2)10-4-13/h3-12,20H,1-2H3,(H,21,22)/b19-11+. The van der Waals surface area contributed by atoms with Crippen molar-refractivity contribution >= 4 is 33.7 Å². The maximum absolute atomic E-state index is 12.0. The Kier molecular flexibility index (Phi) is 6.17. The van der Waals surface area contributed by atoms with Gasteiger partial charge in [-0.2, -0.15) is 5.10 Å². The van der Waals surface area contributed by atoms with Gasteiger partial charge in [0.1, 0.15) is 11.8 Å². The number of nitrogens with one attached hydrogen (secondary N) is 2. The highest BCUT2D eigenvalue weighted by Crippen LogP contribution is 2.14. The smallest absolute Gasteiger partial charge is 0.262 e. The molecule has 0 bridgehead atoms. The fraction of sp³-hybridized carbons (Fsp3) is 0.176. The van der Waals surface area contributed by atoms with Gasteiger partial charge >= 0.3 is 0 Å². The van der Waals surface area contributed by atoms with E-state index in [1.807, 2.05) is 48.5 Å². The zero-order chi connectivity index (χ0) is 16.7. The van der Waals surface area contributed by atoms with E-state index in [-0.39, 0.29) is 5.91 Å². The van der Waals surface area contributed by atoms with Crippen molar-refractivity contribution in [3.05, 3.63) is 58.6 Å². The van der Waals surface area contributed by atoms with Crippen LogP contribution in [0, 0.1) is 0 Å². The number of amides is 1. The van der Waals surface area contributed by atoms with Gasteiger partial charge in [-0.05, 0) is 61.0 Å². The van der Waals surface area contributed by atoms with E-state index in [2.05, 4.69) is 31.8 Å². The molecule has 0 spiro atoms. The minimum Gasteiger partial charge on any atom is -0.497 e. The van der Waals surface area contributed by atoms with Crippen LogP contribution in [-0.2, 0) is 4.79 Å². The number of hydrazone groups is 1. The number of methoxy groups -OCH3 is 1. The number of hydrogen-bond donors (Lipinski definition) is 2. The first kappa shape index (κ1) is 17.0. The molecule has 1 amide bonds. The zero-order valence-corrected chi connectivity index (χ0v) is 14.5. The molecule has 0 heterocycles. The molecule has 0 saturated heterocycles. The summed E-state index contributed by atoms with van der Waals surface area (Å²) >= 11 is 3.37. The molecule has 0 saturated carbocycles. The van der Waals surface area contributed by atoms with Crippen molar-refractivity contribution in [1.29, 1.82) is 0 Å². The lowest BCUT2D eigenvalue weighted by Crippen LogP contribution is -2.34. The minimum atomic E-state index is -0.399. The lowest BCUT2D eigenvalue weighted by atomic mass is 10.2. The van der Waals surface area contributed by atoms with E-state index in [0.717, 1.165) is 21.5 Å². The highest BCUT2D eigenvalue weighted by Gasteiger charge is 2.11. The number of anilines is 1. The van der Waals surface area contributed by atoms with Crippen LogP contribution in [0.25, 0.3) is 0 Å². The summed E-state index contributed by atoms with van der Waals surface area (Å²) < 4.78 is 6.07. The van der Waals surface area contributed by atoms with E-state index in [1.165, 1.54) is 0 Å². The Bertz CT molecular complexity index is 669. The largest absolute Gasteiger partial charge is 0.497 e. The molecule has 2 aromatic carbocycles. The first-order valence-corrected chi connectivity index (χ1v) is 7.87. The summed E-state index contributed by atoms with van der Waals surface area (Å²) in [5, 5.41) is 7.07. The van der Waals surface area contributed by atoms with Crippen LogP contribution < -0.4 is 15.5 Å². The molecule has 2 rings (SSSR count). The van der Waals surface area contributed by atoms with Crippen LogP contribution in [0.3, 0.4) is 0 Å². The zero-order valence-electron chi connectivity index (χ0n) is 12.9. The van der Waals surface area contributed by atoms with Crippen molar-refractivity contribution in [2.24, 2.45) is 5.10 Å². The summed E-state index contributed by atoms with van der Waals surface area (Å²) in [6.07, 6.45) is 1.59. The van der Waals surface area contributed by atoms with Gasteiger partial charge in [0.15, 0.2) is 0 Å². The van der Waals surface area contributed by atoms with Crippen molar-refractivity contribution in [3.63, 3.8) is 0 Å². The Hall–Kier alpha value is -2.34. The van der Waals surface area contributed by atoms with E-state index >= 15 is 0 Å².